The minimum atomic E-state index is -3.06. The van der Waals surface area contributed by atoms with Gasteiger partial charge in [0.25, 0.3) is 8.32 Å². The topological polar surface area (TPSA) is 104 Å². The number of aromatic nitrogens is 4. The van der Waals surface area contributed by atoms with Crippen LogP contribution >= 0.6 is 0 Å². The number of nitrogens with one attached hydrogen (secondary N) is 1. The standard InChI is InChI=1S/C48H46FN5O4Si/c1-6-47(32-57-59(46(2,3)4,38-23-15-9-16-24-38)39-25-17-10-18-26-39)40(55)31-41(58-47)54-33-50-42-43(51-45(49)52-44(42)54)53-48(34-19-11-7-12-20-34,35-21-13-8-14-22-35)36-27-29-37(56-5)30-28-36/h1,7-30,33,40-41,55H,31-32H2,2-5H3,(H,51,52,53)/t40-,41+,47+/m0/s1. The number of ether oxygens (including phenoxy) is 2. The van der Waals surface area contributed by atoms with Gasteiger partial charge >= 0.3 is 6.08 Å². The van der Waals surface area contributed by atoms with Gasteiger partial charge in [-0.05, 0) is 44.2 Å². The molecule has 0 saturated carbocycles. The van der Waals surface area contributed by atoms with Crippen LogP contribution in [-0.4, -0.2) is 58.4 Å². The zero-order chi connectivity index (χ0) is 41.3. The Morgan fingerprint density at radius 1 is 0.831 bits per heavy atom. The predicted molar refractivity (Wildman–Crippen MR) is 231 cm³/mol. The van der Waals surface area contributed by atoms with Crippen molar-refractivity contribution in [2.75, 3.05) is 19.0 Å². The molecule has 298 valence electrons. The van der Waals surface area contributed by atoms with Gasteiger partial charge in [-0.3, -0.25) is 4.57 Å². The number of hydrogen-bond donors (Lipinski definition) is 2. The van der Waals surface area contributed by atoms with Gasteiger partial charge in [-0.2, -0.15) is 14.4 Å². The number of fused-ring (bicyclic) bond motifs is 1. The van der Waals surface area contributed by atoms with Crippen LogP contribution in [-0.2, 0) is 14.7 Å². The Balaban J connectivity index is 1.18. The van der Waals surface area contributed by atoms with Gasteiger partial charge in [0.15, 0.2) is 22.6 Å². The summed E-state index contributed by atoms with van der Waals surface area (Å²) in [7, 11) is -1.44. The van der Waals surface area contributed by atoms with Crippen molar-refractivity contribution in [3.63, 3.8) is 0 Å². The van der Waals surface area contributed by atoms with Gasteiger partial charge in [0, 0.05) is 6.42 Å². The number of nitrogens with zero attached hydrogens (tertiary/aromatic N) is 4. The summed E-state index contributed by atoms with van der Waals surface area (Å²) in [6.07, 6.45) is 4.93. The summed E-state index contributed by atoms with van der Waals surface area (Å²) >= 11 is 0. The van der Waals surface area contributed by atoms with Crippen molar-refractivity contribution in [1.29, 1.82) is 0 Å². The zero-order valence-corrected chi connectivity index (χ0v) is 34.4. The van der Waals surface area contributed by atoms with Crippen LogP contribution in [0.1, 0.15) is 50.1 Å². The molecule has 0 amide bonds. The van der Waals surface area contributed by atoms with Gasteiger partial charge in [-0.25, -0.2) is 4.98 Å². The summed E-state index contributed by atoms with van der Waals surface area (Å²) in [6, 6.07) is 47.9. The fourth-order valence-electron chi connectivity index (χ4n) is 8.50. The Morgan fingerprint density at radius 2 is 1.36 bits per heavy atom. The largest absolute Gasteiger partial charge is 0.497 e. The maximum atomic E-state index is 15.8. The highest BCUT2D eigenvalue weighted by atomic mass is 28.4. The molecule has 1 aliphatic rings. The number of imidazole rings is 1. The summed E-state index contributed by atoms with van der Waals surface area (Å²) in [6.45, 7) is 6.43. The minimum absolute atomic E-state index is 0.0813. The number of rotatable bonds is 12. The third-order valence-electron chi connectivity index (χ3n) is 11.4. The smallest absolute Gasteiger partial charge is 0.312 e. The maximum Gasteiger partial charge on any atom is 0.312 e. The van der Waals surface area contributed by atoms with Crippen LogP contribution in [0.5, 0.6) is 5.75 Å². The van der Waals surface area contributed by atoms with Crippen molar-refractivity contribution < 1.29 is 23.4 Å². The molecule has 0 spiro atoms. The Labute approximate surface area is 345 Å². The monoisotopic (exact) mass is 803 g/mol. The molecule has 3 atom stereocenters. The van der Waals surface area contributed by atoms with Crippen molar-refractivity contribution in [1.82, 2.24) is 19.5 Å². The van der Waals surface area contributed by atoms with E-state index in [0.717, 1.165) is 27.1 Å². The third-order valence-corrected chi connectivity index (χ3v) is 16.4. The van der Waals surface area contributed by atoms with Crippen molar-refractivity contribution in [3.05, 3.63) is 175 Å². The fraction of sp³-hybridized carbons (Fsp3) is 0.229. The molecular formula is C48H46FN5O4Si. The van der Waals surface area contributed by atoms with Gasteiger partial charge in [0.05, 0.1) is 20.0 Å². The number of halogens is 1. The lowest BCUT2D eigenvalue weighted by atomic mass is 9.77. The molecule has 5 aromatic carbocycles. The van der Waals surface area contributed by atoms with E-state index in [1.165, 1.54) is 6.33 Å². The molecule has 1 saturated heterocycles. The van der Waals surface area contributed by atoms with E-state index in [1.54, 1.807) is 11.7 Å². The molecule has 0 bridgehead atoms. The molecule has 7 aromatic rings. The summed E-state index contributed by atoms with van der Waals surface area (Å²) in [5.41, 5.74) is 0.478. The van der Waals surface area contributed by atoms with Crippen LogP contribution in [0.4, 0.5) is 10.2 Å². The predicted octanol–water partition coefficient (Wildman–Crippen LogP) is 7.61. The normalized spacial score (nSPS) is 18.4. The lowest BCUT2D eigenvalue weighted by molar-refractivity contribution is -0.0857. The zero-order valence-electron chi connectivity index (χ0n) is 33.4. The summed E-state index contributed by atoms with van der Waals surface area (Å²) < 4.78 is 36.8. The summed E-state index contributed by atoms with van der Waals surface area (Å²) in [5, 5.41) is 17.2. The van der Waals surface area contributed by atoms with E-state index in [-0.39, 0.29) is 29.5 Å². The Bertz CT molecular complexity index is 2490. The first kappa shape index (κ1) is 39.7. The van der Waals surface area contributed by atoms with Crippen LogP contribution in [0, 0.1) is 18.4 Å². The number of benzene rings is 5. The van der Waals surface area contributed by atoms with E-state index in [4.69, 9.17) is 25.3 Å². The Morgan fingerprint density at radius 3 is 1.86 bits per heavy atom. The number of methoxy groups -OCH3 is 1. The molecule has 0 radical (unpaired) electrons. The number of aliphatic hydroxyl groups excluding tert-OH is 1. The quantitative estimate of drug-likeness (QED) is 0.0564. The van der Waals surface area contributed by atoms with Crippen molar-refractivity contribution in [3.8, 4) is 18.1 Å². The molecule has 9 nitrogen and oxygen atoms in total. The average molecular weight is 804 g/mol. The first-order valence-electron chi connectivity index (χ1n) is 19.6. The lowest BCUT2D eigenvalue weighted by Gasteiger charge is -2.44. The number of anilines is 1. The maximum absolute atomic E-state index is 15.8. The van der Waals surface area contributed by atoms with Crippen molar-refractivity contribution >= 4 is 35.7 Å². The van der Waals surface area contributed by atoms with E-state index in [1.807, 2.05) is 121 Å². The second-order valence-electron chi connectivity index (χ2n) is 15.8. The van der Waals surface area contributed by atoms with Gasteiger partial charge in [0.2, 0.25) is 0 Å². The van der Waals surface area contributed by atoms with E-state index < -0.39 is 37.9 Å². The highest BCUT2D eigenvalue weighted by Crippen LogP contribution is 2.44. The van der Waals surface area contributed by atoms with E-state index in [2.05, 4.69) is 66.2 Å². The summed E-state index contributed by atoms with van der Waals surface area (Å²) in [4.78, 5) is 13.3. The molecule has 1 aliphatic heterocycles. The van der Waals surface area contributed by atoms with Gasteiger partial charge in [0.1, 0.15) is 23.6 Å². The Kier molecular flexibility index (Phi) is 10.7. The molecule has 59 heavy (non-hydrogen) atoms. The molecule has 0 unspecified atom stereocenters. The van der Waals surface area contributed by atoms with Gasteiger partial charge < -0.3 is 24.3 Å². The second-order valence-corrected chi connectivity index (χ2v) is 20.1. The second kappa shape index (κ2) is 15.9. The first-order valence-corrected chi connectivity index (χ1v) is 21.5. The minimum Gasteiger partial charge on any atom is -0.497 e. The van der Waals surface area contributed by atoms with Crippen LogP contribution in [0.25, 0.3) is 11.2 Å². The highest BCUT2D eigenvalue weighted by Gasteiger charge is 2.55. The van der Waals surface area contributed by atoms with Crippen LogP contribution in [0.2, 0.25) is 5.04 Å². The van der Waals surface area contributed by atoms with Crippen molar-refractivity contribution in [2.45, 2.75) is 55.7 Å². The van der Waals surface area contributed by atoms with E-state index in [0.29, 0.717) is 11.3 Å². The van der Waals surface area contributed by atoms with E-state index in [9.17, 15) is 5.11 Å². The number of terminal acetylenes is 1. The van der Waals surface area contributed by atoms with Gasteiger partial charge in [-0.1, -0.05) is 160 Å². The Hall–Kier alpha value is -6.16. The molecule has 0 aliphatic carbocycles. The van der Waals surface area contributed by atoms with Crippen molar-refractivity contribution in [2.24, 2.45) is 0 Å². The number of hydrogen-bond acceptors (Lipinski definition) is 8. The molecule has 3 heterocycles. The third kappa shape index (κ3) is 6.98. The highest BCUT2D eigenvalue weighted by molar-refractivity contribution is 6.99. The SMILES string of the molecule is C#C[C@]1(CO[Si](c2ccccc2)(c2ccccc2)C(C)(C)C)O[C@@H](n2cnc3c(NC(c4ccccc4)(c4ccccc4)c4ccc(OC)cc4)nc(F)nc32)C[C@@H]1O. The van der Waals surface area contributed by atoms with Crippen LogP contribution < -0.4 is 20.4 Å². The average Bonchev–Trinajstić information content (AvgIpc) is 3.84. The van der Waals surface area contributed by atoms with Crippen LogP contribution in [0.3, 0.4) is 0 Å². The molecule has 1 fully saturated rings. The van der Waals surface area contributed by atoms with Crippen LogP contribution in [0.15, 0.2) is 152 Å². The van der Waals surface area contributed by atoms with Gasteiger partial charge in [-0.15, -0.1) is 6.42 Å². The molecule has 2 N–H and O–H groups in total. The molecule has 8 rings (SSSR count). The summed E-state index contributed by atoms with van der Waals surface area (Å²) in [5.74, 6) is 3.62. The molecule has 2 aromatic heterocycles. The fourth-order valence-corrected chi connectivity index (χ4v) is 13.1. The first-order chi connectivity index (χ1) is 28.5. The van der Waals surface area contributed by atoms with E-state index >= 15 is 4.39 Å². The lowest BCUT2D eigenvalue weighted by Crippen LogP contribution is -2.68. The number of aliphatic hydroxyl groups is 1. The molecule has 11 heteroatoms. The molecular weight excluding hydrogens is 758 g/mol.